The minimum atomic E-state index is -0.437. The number of esters is 1. The van der Waals surface area contributed by atoms with Gasteiger partial charge in [-0.15, -0.1) is 0 Å². The first-order chi connectivity index (χ1) is 13.5. The summed E-state index contributed by atoms with van der Waals surface area (Å²) in [7, 11) is 1.35. The summed E-state index contributed by atoms with van der Waals surface area (Å²) in [4.78, 5) is 24.5. The number of hydrogen-bond donors (Lipinski definition) is 2. The molecule has 0 unspecified atom stereocenters. The van der Waals surface area contributed by atoms with Crippen molar-refractivity contribution < 1.29 is 9.53 Å². The molecule has 0 amide bonds. The van der Waals surface area contributed by atoms with E-state index in [1.807, 2.05) is 6.07 Å². The zero-order valence-corrected chi connectivity index (χ0v) is 16.2. The second-order valence-corrected chi connectivity index (χ2v) is 7.36. The molecule has 8 heteroatoms. The van der Waals surface area contributed by atoms with Gasteiger partial charge in [0.25, 0.3) is 0 Å². The van der Waals surface area contributed by atoms with Crippen molar-refractivity contribution in [3.05, 3.63) is 35.9 Å². The number of aromatic nitrogens is 3. The first kappa shape index (κ1) is 19.5. The fourth-order valence-electron chi connectivity index (χ4n) is 3.41. The van der Waals surface area contributed by atoms with Crippen molar-refractivity contribution in [3.63, 3.8) is 0 Å². The molecular formula is C20H24N6O2. The number of rotatable bonds is 6. The van der Waals surface area contributed by atoms with E-state index in [1.54, 1.807) is 6.07 Å². The number of carbonyl (C=O) groups excluding carboxylic acids is 1. The van der Waals surface area contributed by atoms with Crippen molar-refractivity contribution in [1.82, 2.24) is 15.0 Å². The summed E-state index contributed by atoms with van der Waals surface area (Å²) in [5.41, 5.74) is 1.50. The summed E-state index contributed by atoms with van der Waals surface area (Å²) in [6.45, 7) is 3.06. The van der Waals surface area contributed by atoms with Crippen LogP contribution in [0.1, 0.15) is 55.1 Å². The fraction of sp³-hybridized carbons (Fsp3) is 0.450. The largest absolute Gasteiger partial charge is 0.465 e. The molecule has 0 aliphatic heterocycles. The van der Waals surface area contributed by atoms with Crippen LogP contribution in [0.3, 0.4) is 0 Å². The Bertz CT molecular complexity index is 869. The number of methoxy groups -OCH3 is 1. The highest BCUT2D eigenvalue weighted by Crippen LogP contribution is 2.36. The van der Waals surface area contributed by atoms with Crippen molar-refractivity contribution in [2.75, 3.05) is 24.3 Å². The van der Waals surface area contributed by atoms with E-state index >= 15 is 0 Å². The minimum Gasteiger partial charge on any atom is -0.465 e. The average molecular weight is 380 g/mol. The summed E-state index contributed by atoms with van der Waals surface area (Å²) in [5.74, 6) is 0.541. The summed E-state index contributed by atoms with van der Waals surface area (Å²) in [6, 6.07) is 3.69. The van der Waals surface area contributed by atoms with Gasteiger partial charge in [-0.25, -0.2) is 19.7 Å². The molecule has 2 N–H and O–H groups in total. The van der Waals surface area contributed by atoms with Crippen LogP contribution in [0.2, 0.25) is 0 Å². The Kier molecular flexibility index (Phi) is 6.04. The predicted molar refractivity (Wildman–Crippen MR) is 105 cm³/mol. The van der Waals surface area contributed by atoms with Gasteiger partial charge in [-0.3, -0.25) is 0 Å². The number of ether oxygens (including phenoxy) is 1. The minimum absolute atomic E-state index is 0.209. The molecule has 1 aliphatic carbocycles. The number of pyridine rings is 1. The highest BCUT2D eigenvalue weighted by atomic mass is 16.5. The molecule has 0 saturated heterocycles. The van der Waals surface area contributed by atoms with Gasteiger partial charge < -0.3 is 15.4 Å². The molecule has 2 heterocycles. The van der Waals surface area contributed by atoms with Crippen molar-refractivity contribution in [1.29, 1.82) is 5.26 Å². The molecule has 0 radical (unpaired) electrons. The summed E-state index contributed by atoms with van der Waals surface area (Å²) < 4.78 is 4.89. The van der Waals surface area contributed by atoms with Gasteiger partial charge in [0.15, 0.2) is 5.69 Å². The summed E-state index contributed by atoms with van der Waals surface area (Å²) in [6.07, 6.45) is 10.4. The highest BCUT2D eigenvalue weighted by Gasteiger charge is 2.27. The molecule has 0 aromatic carbocycles. The number of carbonyl (C=O) groups is 1. The normalized spacial score (nSPS) is 15.3. The van der Waals surface area contributed by atoms with Crippen LogP contribution in [-0.2, 0) is 4.74 Å². The van der Waals surface area contributed by atoms with E-state index in [4.69, 9.17) is 10.00 Å². The Morgan fingerprint density at radius 1 is 1.18 bits per heavy atom. The van der Waals surface area contributed by atoms with E-state index in [9.17, 15) is 4.79 Å². The second-order valence-electron chi connectivity index (χ2n) is 7.36. The molecule has 28 heavy (non-hydrogen) atoms. The zero-order chi connectivity index (χ0) is 20.0. The molecule has 0 atom stereocenters. The van der Waals surface area contributed by atoms with E-state index in [-0.39, 0.29) is 11.1 Å². The van der Waals surface area contributed by atoms with Crippen molar-refractivity contribution >= 4 is 23.3 Å². The van der Waals surface area contributed by atoms with Crippen LogP contribution in [0.25, 0.3) is 0 Å². The molecule has 0 spiro atoms. The molecule has 2 aromatic heterocycles. The third kappa shape index (κ3) is 4.74. The van der Waals surface area contributed by atoms with Gasteiger partial charge in [0.2, 0.25) is 0 Å². The van der Waals surface area contributed by atoms with Gasteiger partial charge in [-0.2, -0.15) is 5.26 Å². The lowest BCUT2D eigenvalue weighted by molar-refractivity contribution is 0.0601. The van der Waals surface area contributed by atoms with E-state index in [0.717, 1.165) is 6.54 Å². The summed E-state index contributed by atoms with van der Waals surface area (Å²) in [5, 5.41) is 15.3. The molecule has 1 aliphatic rings. The van der Waals surface area contributed by atoms with E-state index in [1.165, 1.54) is 57.8 Å². The number of nitrogens with zero attached hydrogens (tertiary/aromatic N) is 4. The quantitative estimate of drug-likeness (QED) is 0.730. The van der Waals surface area contributed by atoms with Crippen molar-refractivity contribution in [2.45, 2.75) is 39.0 Å². The lowest BCUT2D eigenvalue weighted by Crippen LogP contribution is -2.29. The third-order valence-corrected chi connectivity index (χ3v) is 5.10. The first-order valence-corrected chi connectivity index (χ1v) is 9.34. The Labute approximate surface area is 164 Å². The maximum absolute atomic E-state index is 12.1. The fourth-order valence-corrected chi connectivity index (χ4v) is 3.41. The van der Waals surface area contributed by atoms with Crippen LogP contribution in [0, 0.1) is 16.7 Å². The maximum atomic E-state index is 12.1. The van der Waals surface area contributed by atoms with Gasteiger partial charge in [-0.1, -0.05) is 26.2 Å². The number of anilines is 3. The molecule has 2 aromatic rings. The predicted octanol–water partition coefficient (Wildman–Crippen LogP) is 3.66. The first-order valence-electron chi connectivity index (χ1n) is 9.34. The Morgan fingerprint density at radius 2 is 1.93 bits per heavy atom. The number of nitriles is 1. The second kappa shape index (κ2) is 8.65. The van der Waals surface area contributed by atoms with Crippen LogP contribution >= 0.6 is 0 Å². The maximum Gasteiger partial charge on any atom is 0.341 e. The molecule has 3 rings (SSSR count). The highest BCUT2D eigenvalue weighted by molar-refractivity contribution is 5.95. The van der Waals surface area contributed by atoms with Crippen LogP contribution in [0.5, 0.6) is 0 Å². The van der Waals surface area contributed by atoms with Crippen LogP contribution in [0.15, 0.2) is 24.7 Å². The van der Waals surface area contributed by atoms with Crippen LogP contribution in [0.4, 0.5) is 17.3 Å². The molecular weight excluding hydrogens is 356 g/mol. The smallest absolute Gasteiger partial charge is 0.341 e. The summed E-state index contributed by atoms with van der Waals surface area (Å²) >= 11 is 0. The van der Waals surface area contributed by atoms with E-state index in [0.29, 0.717) is 22.9 Å². The van der Waals surface area contributed by atoms with E-state index < -0.39 is 5.97 Å². The topological polar surface area (TPSA) is 113 Å². The van der Waals surface area contributed by atoms with Gasteiger partial charge >= 0.3 is 5.97 Å². The van der Waals surface area contributed by atoms with Gasteiger partial charge in [0, 0.05) is 18.8 Å². The van der Waals surface area contributed by atoms with E-state index in [2.05, 4.69) is 32.5 Å². The molecule has 0 bridgehead atoms. The standard InChI is InChI=1S/C20H24N6O2/c1-20(6-4-3-5-7-20)13-25-16-8-17(24-11-15(16)19(27)28-2)26-18-12-22-14(9-21)10-23-18/h8,10-12H,3-7,13H2,1-2H3,(H2,23,24,25,26). The molecule has 146 valence electrons. The van der Waals surface area contributed by atoms with Gasteiger partial charge in [0.1, 0.15) is 23.3 Å². The third-order valence-electron chi connectivity index (χ3n) is 5.10. The molecule has 1 saturated carbocycles. The van der Waals surface area contributed by atoms with Gasteiger partial charge in [-0.05, 0) is 18.3 Å². The number of hydrogen-bond acceptors (Lipinski definition) is 8. The monoisotopic (exact) mass is 380 g/mol. The van der Waals surface area contributed by atoms with Crippen molar-refractivity contribution in [3.8, 4) is 6.07 Å². The average Bonchev–Trinajstić information content (AvgIpc) is 2.73. The lowest BCUT2D eigenvalue weighted by Gasteiger charge is -2.34. The van der Waals surface area contributed by atoms with Crippen LogP contribution < -0.4 is 10.6 Å². The van der Waals surface area contributed by atoms with Crippen molar-refractivity contribution in [2.24, 2.45) is 5.41 Å². The number of nitrogens with one attached hydrogen (secondary N) is 2. The molecule has 8 nitrogen and oxygen atoms in total. The Balaban J connectivity index is 1.79. The lowest BCUT2D eigenvalue weighted by atomic mass is 9.75. The molecule has 1 fully saturated rings. The SMILES string of the molecule is COC(=O)c1cnc(Nc2cnc(C#N)cn2)cc1NCC1(C)CCCCC1. The Hall–Kier alpha value is -3.21. The zero-order valence-electron chi connectivity index (χ0n) is 16.2. The Morgan fingerprint density at radius 3 is 2.57 bits per heavy atom. The van der Waals surface area contributed by atoms with Gasteiger partial charge in [0.05, 0.1) is 25.2 Å². The van der Waals surface area contributed by atoms with Crippen LogP contribution in [-0.4, -0.2) is 34.6 Å².